The van der Waals surface area contributed by atoms with Gasteiger partial charge in [0.15, 0.2) is 0 Å². The fourth-order valence-electron chi connectivity index (χ4n) is 3.33. The molecule has 0 spiro atoms. The lowest BCUT2D eigenvalue weighted by molar-refractivity contribution is -0.117. The van der Waals surface area contributed by atoms with E-state index in [0.717, 1.165) is 55.3 Å². The number of aryl methyl sites for hydroxylation is 1. The van der Waals surface area contributed by atoms with E-state index >= 15 is 0 Å². The molecule has 5 heteroatoms. The Labute approximate surface area is 167 Å². The number of rotatable bonds is 7. The number of carbonyl (C=O) groups excluding carboxylic acids is 1. The van der Waals surface area contributed by atoms with Crippen LogP contribution in [0, 0.1) is 6.92 Å². The third kappa shape index (κ3) is 5.68. The predicted octanol–water partition coefficient (Wildman–Crippen LogP) is 3.21. The van der Waals surface area contributed by atoms with Gasteiger partial charge in [0.1, 0.15) is 5.75 Å². The first-order valence-electron chi connectivity index (χ1n) is 9.64. The van der Waals surface area contributed by atoms with E-state index in [1.54, 1.807) is 19.3 Å². The molecule has 148 valence electrons. The molecule has 2 aromatic carbocycles. The molecule has 1 amide bonds. The van der Waals surface area contributed by atoms with Crippen LogP contribution in [0.2, 0.25) is 0 Å². The first kappa shape index (κ1) is 20.1. The number of morpholine rings is 1. The third-order valence-electron chi connectivity index (χ3n) is 4.86. The van der Waals surface area contributed by atoms with Crippen molar-refractivity contribution in [2.45, 2.75) is 13.0 Å². The summed E-state index contributed by atoms with van der Waals surface area (Å²) >= 11 is 0. The van der Waals surface area contributed by atoms with Crippen molar-refractivity contribution < 1.29 is 14.3 Å². The zero-order valence-corrected chi connectivity index (χ0v) is 16.6. The van der Waals surface area contributed by atoms with Crippen molar-refractivity contribution in [3.8, 4) is 5.75 Å². The van der Waals surface area contributed by atoms with Crippen LogP contribution in [0.25, 0.3) is 6.08 Å². The molecule has 2 aromatic rings. The van der Waals surface area contributed by atoms with Gasteiger partial charge < -0.3 is 14.8 Å². The van der Waals surface area contributed by atoms with Crippen LogP contribution in [0.3, 0.4) is 0 Å². The van der Waals surface area contributed by atoms with Crippen LogP contribution in [0.1, 0.15) is 22.7 Å². The largest absolute Gasteiger partial charge is 0.496 e. The van der Waals surface area contributed by atoms with Crippen LogP contribution in [-0.4, -0.2) is 50.8 Å². The maximum atomic E-state index is 12.6. The molecular weight excluding hydrogens is 352 g/mol. The second-order valence-electron chi connectivity index (χ2n) is 6.96. The lowest BCUT2D eigenvalue weighted by Crippen LogP contribution is -2.42. The zero-order valence-electron chi connectivity index (χ0n) is 16.6. The van der Waals surface area contributed by atoms with Gasteiger partial charge in [-0.3, -0.25) is 9.69 Å². The molecule has 1 atom stereocenters. The summed E-state index contributed by atoms with van der Waals surface area (Å²) in [5.41, 5.74) is 3.11. The van der Waals surface area contributed by atoms with Gasteiger partial charge in [0.25, 0.3) is 0 Å². The van der Waals surface area contributed by atoms with Crippen LogP contribution in [0.5, 0.6) is 5.75 Å². The molecular formula is C23H28N2O3. The van der Waals surface area contributed by atoms with Crippen molar-refractivity contribution in [1.29, 1.82) is 0 Å². The Bertz CT molecular complexity index is 799. The van der Waals surface area contributed by atoms with E-state index in [2.05, 4.69) is 22.3 Å². The zero-order chi connectivity index (χ0) is 19.8. The Balaban J connectivity index is 1.71. The van der Waals surface area contributed by atoms with Gasteiger partial charge in [-0.15, -0.1) is 0 Å². The second-order valence-corrected chi connectivity index (χ2v) is 6.96. The molecule has 1 fully saturated rings. The summed E-state index contributed by atoms with van der Waals surface area (Å²) in [6.45, 7) is 6.03. The molecule has 3 rings (SSSR count). The third-order valence-corrected chi connectivity index (χ3v) is 4.86. The minimum absolute atomic E-state index is 0.0733. The summed E-state index contributed by atoms with van der Waals surface area (Å²) in [5.74, 6) is 0.633. The number of hydrogen-bond donors (Lipinski definition) is 1. The van der Waals surface area contributed by atoms with Gasteiger partial charge in [-0.25, -0.2) is 0 Å². The summed E-state index contributed by atoms with van der Waals surface area (Å²) in [4.78, 5) is 15.0. The highest BCUT2D eigenvalue weighted by molar-refractivity contribution is 5.92. The molecule has 28 heavy (non-hydrogen) atoms. The summed E-state index contributed by atoms with van der Waals surface area (Å²) < 4.78 is 10.8. The molecule has 0 aromatic heterocycles. The number of nitrogens with one attached hydrogen (secondary N) is 1. The average Bonchev–Trinajstić information content (AvgIpc) is 2.73. The van der Waals surface area contributed by atoms with E-state index < -0.39 is 0 Å². The van der Waals surface area contributed by atoms with Gasteiger partial charge in [-0.1, -0.05) is 42.0 Å². The van der Waals surface area contributed by atoms with E-state index in [-0.39, 0.29) is 11.9 Å². The van der Waals surface area contributed by atoms with E-state index in [9.17, 15) is 4.79 Å². The fourth-order valence-corrected chi connectivity index (χ4v) is 3.33. The molecule has 0 radical (unpaired) electrons. The van der Waals surface area contributed by atoms with Crippen LogP contribution < -0.4 is 10.1 Å². The number of ether oxygens (including phenoxy) is 2. The number of amides is 1. The highest BCUT2D eigenvalue weighted by Crippen LogP contribution is 2.21. The summed E-state index contributed by atoms with van der Waals surface area (Å²) in [6, 6.07) is 15.9. The lowest BCUT2D eigenvalue weighted by Gasteiger charge is -2.31. The van der Waals surface area contributed by atoms with Gasteiger partial charge in [0.05, 0.1) is 26.4 Å². The molecule has 1 aliphatic heterocycles. The summed E-state index contributed by atoms with van der Waals surface area (Å²) in [7, 11) is 1.63. The topological polar surface area (TPSA) is 50.8 Å². The maximum absolute atomic E-state index is 12.6. The summed E-state index contributed by atoms with van der Waals surface area (Å²) in [5, 5.41) is 3.15. The number of nitrogens with zero attached hydrogens (tertiary/aromatic N) is 1. The SMILES string of the molecule is COc1ccc(C)cc1/C=C/C(=O)NC(CN1CCOCC1)c1ccccc1. The number of benzene rings is 2. The van der Waals surface area contributed by atoms with Crippen molar-refractivity contribution in [3.63, 3.8) is 0 Å². The second kappa shape index (κ2) is 10.1. The molecule has 0 aliphatic carbocycles. The van der Waals surface area contributed by atoms with Gasteiger partial charge >= 0.3 is 0 Å². The Morgan fingerprint density at radius 2 is 1.96 bits per heavy atom. The highest BCUT2D eigenvalue weighted by Gasteiger charge is 2.19. The van der Waals surface area contributed by atoms with E-state index in [4.69, 9.17) is 9.47 Å². The number of methoxy groups -OCH3 is 1. The van der Waals surface area contributed by atoms with Gasteiger partial charge in [0.2, 0.25) is 5.91 Å². The normalized spacial score (nSPS) is 16.1. The first-order valence-corrected chi connectivity index (χ1v) is 9.64. The molecule has 0 bridgehead atoms. The van der Waals surface area contributed by atoms with E-state index in [0.29, 0.717) is 0 Å². The minimum Gasteiger partial charge on any atom is -0.496 e. The Hall–Kier alpha value is -2.63. The molecule has 1 unspecified atom stereocenters. The van der Waals surface area contributed by atoms with E-state index in [1.165, 1.54) is 0 Å². The minimum atomic E-state index is -0.120. The Kier molecular flexibility index (Phi) is 7.23. The highest BCUT2D eigenvalue weighted by atomic mass is 16.5. The van der Waals surface area contributed by atoms with Crippen molar-refractivity contribution in [1.82, 2.24) is 10.2 Å². The van der Waals surface area contributed by atoms with Crippen molar-refractivity contribution in [2.75, 3.05) is 40.0 Å². The molecule has 1 aliphatic rings. The monoisotopic (exact) mass is 380 g/mol. The smallest absolute Gasteiger partial charge is 0.244 e. The van der Waals surface area contributed by atoms with Crippen LogP contribution >= 0.6 is 0 Å². The standard InChI is InChI=1S/C23H28N2O3/c1-18-8-10-22(27-2)20(16-18)9-11-23(26)24-21(19-6-4-3-5-7-19)17-25-12-14-28-15-13-25/h3-11,16,21H,12-15,17H2,1-2H3,(H,24,26)/b11-9+. The van der Waals surface area contributed by atoms with Crippen LogP contribution in [0.15, 0.2) is 54.6 Å². The van der Waals surface area contributed by atoms with Gasteiger partial charge in [-0.2, -0.15) is 0 Å². The molecule has 1 N–H and O–H groups in total. The predicted molar refractivity (Wildman–Crippen MR) is 111 cm³/mol. The molecule has 1 saturated heterocycles. The van der Waals surface area contributed by atoms with E-state index in [1.807, 2.05) is 43.3 Å². The number of carbonyl (C=O) groups is 1. The molecule has 5 nitrogen and oxygen atoms in total. The fraction of sp³-hybridized carbons (Fsp3) is 0.348. The van der Waals surface area contributed by atoms with Crippen molar-refractivity contribution in [2.24, 2.45) is 0 Å². The van der Waals surface area contributed by atoms with Gasteiger partial charge in [0, 0.05) is 31.3 Å². The first-order chi connectivity index (χ1) is 13.7. The maximum Gasteiger partial charge on any atom is 0.244 e. The Morgan fingerprint density at radius 1 is 1.21 bits per heavy atom. The molecule has 1 heterocycles. The van der Waals surface area contributed by atoms with Crippen molar-refractivity contribution in [3.05, 3.63) is 71.3 Å². The van der Waals surface area contributed by atoms with Gasteiger partial charge in [-0.05, 0) is 30.7 Å². The van der Waals surface area contributed by atoms with Crippen molar-refractivity contribution >= 4 is 12.0 Å². The average molecular weight is 380 g/mol. The number of hydrogen-bond acceptors (Lipinski definition) is 4. The Morgan fingerprint density at radius 3 is 2.68 bits per heavy atom. The quantitative estimate of drug-likeness (QED) is 0.750. The van der Waals surface area contributed by atoms with Crippen LogP contribution in [-0.2, 0) is 9.53 Å². The molecule has 0 saturated carbocycles. The van der Waals surface area contributed by atoms with Crippen LogP contribution in [0.4, 0.5) is 0 Å². The lowest BCUT2D eigenvalue weighted by atomic mass is 10.1. The summed E-state index contributed by atoms with van der Waals surface area (Å²) in [6.07, 6.45) is 3.38.